The highest BCUT2D eigenvalue weighted by atomic mass is 16.5. The van der Waals surface area contributed by atoms with Crippen LogP contribution in [0.5, 0.6) is 0 Å². The topological polar surface area (TPSA) is 47.6 Å². The van der Waals surface area contributed by atoms with Crippen molar-refractivity contribution in [1.29, 1.82) is 0 Å². The Labute approximate surface area is 98.5 Å². The van der Waals surface area contributed by atoms with E-state index in [0.29, 0.717) is 11.8 Å². The van der Waals surface area contributed by atoms with Crippen LogP contribution in [0.3, 0.4) is 0 Å². The Morgan fingerprint density at radius 1 is 1.12 bits per heavy atom. The standard InChI is InChI=1S/C13H24N2O/c14-13(12-6-2-1-3-7-12)15-9-11-5-4-8-16-10-11/h11-12H,1-10H2,(H2,14,15). The highest BCUT2D eigenvalue weighted by Gasteiger charge is 2.18. The Bertz CT molecular complexity index is 228. The summed E-state index contributed by atoms with van der Waals surface area (Å²) < 4.78 is 5.45. The molecule has 3 heteroatoms. The molecule has 0 aromatic carbocycles. The van der Waals surface area contributed by atoms with Crippen LogP contribution in [-0.4, -0.2) is 25.6 Å². The van der Waals surface area contributed by atoms with Crippen LogP contribution in [0.4, 0.5) is 0 Å². The van der Waals surface area contributed by atoms with E-state index in [1.54, 1.807) is 0 Å². The van der Waals surface area contributed by atoms with E-state index in [9.17, 15) is 0 Å². The van der Waals surface area contributed by atoms with Gasteiger partial charge in [0.1, 0.15) is 0 Å². The van der Waals surface area contributed by atoms with E-state index in [-0.39, 0.29) is 0 Å². The number of hydrogen-bond donors (Lipinski definition) is 1. The van der Waals surface area contributed by atoms with Gasteiger partial charge in [-0.15, -0.1) is 0 Å². The SMILES string of the molecule is NC(=NCC1CCCOC1)C1CCCCC1. The van der Waals surface area contributed by atoms with Crippen molar-refractivity contribution >= 4 is 5.84 Å². The van der Waals surface area contributed by atoms with Crippen molar-refractivity contribution in [3.8, 4) is 0 Å². The summed E-state index contributed by atoms with van der Waals surface area (Å²) in [6.07, 6.45) is 8.96. The van der Waals surface area contributed by atoms with Crippen LogP contribution >= 0.6 is 0 Å². The van der Waals surface area contributed by atoms with Crippen LogP contribution < -0.4 is 5.73 Å². The molecule has 1 saturated heterocycles. The molecular weight excluding hydrogens is 200 g/mol. The lowest BCUT2D eigenvalue weighted by Gasteiger charge is -2.23. The number of ether oxygens (including phenoxy) is 1. The highest BCUT2D eigenvalue weighted by molar-refractivity contribution is 5.82. The van der Waals surface area contributed by atoms with E-state index in [4.69, 9.17) is 10.5 Å². The third kappa shape index (κ3) is 3.48. The zero-order valence-electron chi connectivity index (χ0n) is 10.2. The molecule has 0 radical (unpaired) electrons. The molecule has 16 heavy (non-hydrogen) atoms. The van der Waals surface area contributed by atoms with E-state index in [1.807, 2.05) is 0 Å². The average molecular weight is 224 g/mol. The second-order valence-corrected chi connectivity index (χ2v) is 5.18. The maximum Gasteiger partial charge on any atom is 0.0968 e. The van der Waals surface area contributed by atoms with Gasteiger partial charge >= 0.3 is 0 Å². The van der Waals surface area contributed by atoms with E-state index < -0.39 is 0 Å². The van der Waals surface area contributed by atoms with Crippen LogP contribution in [0.15, 0.2) is 4.99 Å². The molecule has 92 valence electrons. The first-order chi connectivity index (χ1) is 7.86. The first kappa shape index (κ1) is 11.9. The van der Waals surface area contributed by atoms with Crippen molar-refractivity contribution in [2.24, 2.45) is 22.6 Å². The molecule has 1 atom stereocenters. The first-order valence-corrected chi connectivity index (χ1v) is 6.74. The van der Waals surface area contributed by atoms with Crippen molar-refractivity contribution in [2.45, 2.75) is 44.9 Å². The zero-order chi connectivity index (χ0) is 11.2. The minimum absolute atomic E-state index is 0.568. The van der Waals surface area contributed by atoms with Crippen LogP contribution in [0, 0.1) is 11.8 Å². The fourth-order valence-corrected chi connectivity index (χ4v) is 2.71. The molecule has 1 unspecified atom stereocenters. The molecule has 1 heterocycles. The summed E-state index contributed by atoms with van der Waals surface area (Å²) in [5.41, 5.74) is 6.07. The van der Waals surface area contributed by atoms with Gasteiger partial charge in [0.05, 0.1) is 12.4 Å². The van der Waals surface area contributed by atoms with Gasteiger partial charge in [0.25, 0.3) is 0 Å². The minimum Gasteiger partial charge on any atom is -0.387 e. The fraction of sp³-hybridized carbons (Fsp3) is 0.923. The summed E-state index contributed by atoms with van der Waals surface area (Å²) in [6, 6.07) is 0. The van der Waals surface area contributed by atoms with Gasteiger partial charge in [-0.2, -0.15) is 0 Å². The van der Waals surface area contributed by atoms with Gasteiger partial charge in [-0.1, -0.05) is 19.3 Å². The molecule has 0 aromatic rings. The molecule has 0 bridgehead atoms. The summed E-state index contributed by atoms with van der Waals surface area (Å²) >= 11 is 0. The van der Waals surface area contributed by atoms with Gasteiger partial charge in [0.2, 0.25) is 0 Å². The predicted octanol–water partition coefficient (Wildman–Crippen LogP) is 2.35. The molecule has 0 spiro atoms. The molecule has 2 N–H and O–H groups in total. The summed E-state index contributed by atoms with van der Waals surface area (Å²) in [5, 5.41) is 0. The van der Waals surface area contributed by atoms with E-state index in [0.717, 1.165) is 25.6 Å². The van der Waals surface area contributed by atoms with Crippen LogP contribution in [0.25, 0.3) is 0 Å². The Kier molecular flexibility index (Phi) is 4.64. The minimum atomic E-state index is 0.568. The summed E-state index contributed by atoms with van der Waals surface area (Å²) in [4.78, 5) is 4.59. The van der Waals surface area contributed by atoms with Gasteiger partial charge in [-0.3, -0.25) is 4.99 Å². The zero-order valence-corrected chi connectivity index (χ0v) is 10.2. The Morgan fingerprint density at radius 2 is 1.94 bits per heavy atom. The number of nitrogens with zero attached hydrogens (tertiary/aromatic N) is 1. The molecule has 3 nitrogen and oxygen atoms in total. The number of hydrogen-bond acceptors (Lipinski definition) is 2. The van der Waals surface area contributed by atoms with Crippen molar-refractivity contribution < 1.29 is 4.74 Å². The van der Waals surface area contributed by atoms with Crippen LogP contribution in [0.1, 0.15) is 44.9 Å². The molecule has 2 aliphatic rings. The van der Waals surface area contributed by atoms with Crippen molar-refractivity contribution in [3.63, 3.8) is 0 Å². The first-order valence-electron chi connectivity index (χ1n) is 6.74. The normalized spacial score (nSPS) is 29.2. The summed E-state index contributed by atoms with van der Waals surface area (Å²) in [7, 11) is 0. The van der Waals surface area contributed by atoms with E-state index >= 15 is 0 Å². The highest BCUT2D eigenvalue weighted by Crippen LogP contribution is 2.24. The second kappa shape index (κ2) is 6.24. The number of nitrogens with two attached hydrogens (primary N) is 1. The monoisotopic (exact) mass is 224 g/mol. The van der Waals surface area contributed by atoms with E-state index in [1.165, 1.54) is 44.9 Å². The fourth-order valence-electron chi connectivity index (χ4n) is 2.71. The van der Waals surface area contributed by atoms with Crippen molar-refractivity contribution in [1.82, 2.24) is 0 Å². The number of amidine groups is 1. The van der Waals surface area contributed by atoms with E-state index in [2.05, 4.69) is 4.99 Å². The quantitative estimate of drug-likeness (QED) is 0.591. The van der Waals surface area contributed by atoms with Crippen LogP contribution in [0.2, 0.25) is 0 Å². The molecule has 0 aromatic heterocycles. The largest absolute Gasteiger partial charge is 0.387 e. The third-order valence-electron chi connectivity index (χ3n) is 3.81. The second-order valence-electron chi connectivity index (χ2n) is 5.18. The molecule has 2 rings (SSSR count). The maximum absolute atomic E-state index is 6.07. The Hall–Kier alpha value is -0.570. The molecular formula is C13H24N2O. The van der Waals surface area contributed by atoms with Crippen molar-refractivity contribution in [3.05, 3.63) is 0 Å². The predicted molar refractivity (Wildman–Crippen MR) is 66.6 cm³/mol. The Balaban J connectivity index is 1.76. The molecule has 1 saturated carbocycles. The van der Waals surface area contributed by atoms with Crippen LogP contribution in [-0.2, 0) is 4.74 Å². The molecule has 1 aliphatic carbocycles. The Morgan fingerprint density at radius 3 is 2.62 bits per heavy atom. The molecule has 1 aliphatic heterocycles. The van der Waals surface area contributed by atoms with Gasteiger partial charge in [-0.05, 0) is 25.7 Å². The lowest BCUT2D eigenvalue weighted by Crippen LogP contribution is -2.28. The van der Waals surface area contributed by atoms with Gasteiger partial charge in [-0.25, -0.2) is 0 Å². The smallest absolute Gasteiger partial charge is 0.0968 e. The molecule has 0 amide bonds. The van der Waals surface area contributed by atoms with Gasteiger partial charge < -0.3 is 10.5 Å². The molecule has 2 fully saturated rings. The lowest BCUT2D eigenvalue weighted by atomic mass is 9.88. The lowest BCUT2D eigenvalue weighted by molar-refractivity contribution is 0.0582. The van der Waals surface area contributed by atoms with Crippen molar-refractivity contribution in [2.75, 3.05) is 19.8 Å². The average Bonchev–Trinajstić information content (AvgIpc) is 2.38. The summed E-state index contributed by atoms with van der Waals surface area (Å²) in [6.45, 7) is 2.68. The summed E-state index contributed by atoms with van der Waals surface area (Å²) in [5.74, 6) is 2.08. The number of aliphatic imine (C=N–C) groups is 1. The number of rotatable bonds is 3. The third-order valence-corrected chi connectivity index (χ3v) is 3.81. The van der Waals surface area contributed by atoms with Gasteiger partial charge in [0.15, 0.2) is 0 Å². The van der Waals surface area contributed by atoms with Gasteiger partial charge in [0, 0.05) is 25.0 Å². The maximum atomic E-state index is 6.07.